The molecule has 0 saturated heterocycles. The summed E-state index contributed by atoms with van der Waals surface area (Å²) in [5, 5.41) is 10.3. The van der Waals surface area contributed by atoms with Gasteiger partial charge in [-0.25, -0.2) is 4.98 Å². The Morgan fingerprint density at radius 1 is 1.20 bits per heavy atom. The maximum atomic E-state index is 9.37. The van der Waals surface area contributed by atoms with E-state index in [1.807, 2.05) is 30.3 Å². The molecule has 0 bridgehead atoms. The van der Waals surface area contributed by atoms with E-state index in [2.05, 4.69) is 38.7 Å². The first-order chi connectivity index (χ1) is 9.52. The normalized spacial score (nSPS) is 11.1. The Hall–Kier alpha value is -2.08. The third-order valence-corrected chi connectivity index (χ3v) is 3.30. The second-order valence-electron chi connectivity index (χ2n) is 5.80. The van der Waals surface area contributed by atoms with Crippen molar-refractivity contribution in [3.05, 3.63) is 35.9 Å². The van der Waals surface area contributed by atoms with E-state index in [0.29, 0.717) is 17.5 Å². The lowest BCUT2D eigenvalue weighted by molar-refractivity contribution is 0.567. The van der Waals surface area contributed by atoms with Crippen LogP contribution in [0.2, 0.25) is 0 Å². The topological polar surface area (TPSA) is 39.9 Å². The van der Waals surface area contributed by atoms with Crippen molar-refractivity contribution < 1.29 is 0 Å². The molecule has 2 rings (SSSR count). The Bertz CT molecular complexity index is 638. The van der Waals surface area contributed by atoms with E-state index >= 15 is 0 Å². The maximum Gasteiger partial charge on any atom is 0.130 e. The van der Waals surface area contributed by atoms with Crippen molar-refractivity contribution in [2.24, 2.45) is 5.92 Å². The van der Waals surface area contributed by atoms with Crippen LogP contribution in [0.1, 0.15) is 33.3 Å². The van der Waals surface area contributed by atoms with Crippen LogP contribution in [0.5, 0.6) is 0 Å². The number of nitriles is 1. The third kappa shape index (κ3) is 2.91. The molecular formula is C17H21N3. The molecule has 3 nitrogen and oxygen atoms in total. The van der Waals surface area contributed by atoms with Crippen molar-refractivity contribution in [2.45, 2.75) is 33.7 Å². The zero-order valence-electron chi connectivity index (χ0n) is 12.6. The van der Waals surface area contributed by atoms with Gasteiger partial charge in [0.2, 0.25) is 0 Å². The van der Waals surface area contributed by atoms with Crippen molar-refractivity contribution >= 4 is 16.7 Å². The Kier molecular flexibility index (Phi) is 4.24. The number of hydrogen-bond donors (Lipinski definition) is 0. The summed E-state index contributed by atoms with van der Waals surface area (Å²) in [7, 11) is 0. The lowest BCUT2D eigenvalue weighted by Gasteiger charge is -2.30. The SMILES string of the molecule is CC(C)CN(c1cc(C#N)c2ccccc2n1)C(C)C. The van der Waals surface area contributed by atoms with Crippen LogP contribution in [0.4, 0.5) is 5.82 Å². The van der Waals surface area contributed by atoms with Crippen molar-refractivity contribution in [2.75, 3.05) is 11.4 Å². The molecule has 104 valence electrons. The Labute approximate surface area is 120 Å². The van der Waals surface area contributed by atoms with Crippen LogP contribution in [-0.4, -0.2) is 17.6 Å². The minimum absolute atomic E-state index is 0.359. The molecule has 0 fully saturated rings. The van der Waals surface area contributed by atoms with E-state index in [1.165, 1.54) is 0 Å². The zero-order chi connectivity index (χ0) is 14.7. The van der Waals surface area contributed by atoms with E-state index in [4.69, 9.17) is 4.98 Å². The van der Waals surface area contributed by atoms with E-state index in [1.54, 1.807) is 0 Å². The first-order valence-corrected chi connectivity index (χ1v) is 7.09. The highest BCUT2D eigenvalue weighted by Crippen LogP contribution is 2.24. The summed E-state index contributed by atoms with van der Waals surface area (Å²) >= 11 is 0. The number of benzene rings is 1. The van der Waals surface area contributed by atoms with E-state index in [0.717, 1.165) is 23.3 Å². The molecule has 2 aromatic rings. The van der Waals surface area contributed by atoms with Gasteiger partial charge in [-0.1, -0.05) is 32.0 Å². The molecule has 0 N–H and O–H groups in total. The molecule has 0 aliphatic carbocycles. The molecular weight excluding hydrogens is 246 g/mol. The molecule has 0 amide bonds. The van der Waals surface area contributed by atoms with Crippen LogP contribution in [0.3, 0.4) is 0 Å². The predicted octanol–water partition coefficient (Wildman–Crippen LogP) is 3.98. The van der Waals surface area contributed by atoms with Crippen LogP contribution in [-0.2, 0) is 0 Å². The van der Waals surface area contributed by atoms with Gasteiger partial charge in [0, 0.05) is 18.0 Å². The zero-order valence-corrected chi connectivity index (χ0v) is 12.6. The van der Waals surface area contributed by atoms with Gasteiger partial charge >= 0.3 is 0 Å². The van der Waals surface area contributed by atoms with Gasteiger partial charge in [-0.2, -0.15) is 5.26 Å². The van der Waals surface area contributed by atoms with Gasteiger partial charge in [-0.3, -0.25) is 0 Å². The van der Waals surface area contributed by atoms with Crippen molar-refractivity contribution in [1.82, 2.24) is 4.98 Å². The summed E-state index contributed by atoms with van der Waals surface area (Å²) in [6.07, 6.45) is 0. The average molecular weight is 267 g/mol. The lowest BCUT2D eigenvalue weighted by Crippen LogP contribution is -2.34. The molecule has 0 radical (unpaired) electrons. The second-order valence-corrected chi connectivity index (χ2v) is 5.80. The first kappa shape index (κ1) is 14.3. The number of nitrogens with zero attached hydrogens (tertiary/aromatic N) is 3. The molecule has 3 heteroatoms. The van der Waals surface area contributed by atoms with E-state index < -0.39 is 0 Å². The van der Waals surface area contributed by atoms with Gasteiger partial charge in [0.1, 0.15) is 5.82 Å². The fourth-order valence-corrected chi connectivity index (χ4v) is 2.36. The number of pyridine rings is 1. The van der Waals surface area contributed by atoms with E-state index in [-0.39, 0.29) is 0 Å². The largest absolute Gasteiger partial charge is 0.354 e. The van der Waals surface area contributed by atoms with Gasteiger partial charge < -0.3 is 4.90 Å². The minimum Gasteiger partial charge on any atom is -0.354 e. The lowest BCUT2D eigenvalue weighted by atomic mass is 10.1. The number of anilines is 1. The highest BCUT2D eigenvalue weighted by molar-refractivity contribution is 5.86. The molecule has 1 aromatic heterocycles. The van der Waals surface area contributed by atoms with E-state index in [9.17, 15) is 5.26 Å². The van der Waals surface area contributed by atoms with Crippen molar-refractivity contribution in [1.29, 1.82) is 5.26 Å². The fourth-order valence-electron chi connectivity index (χ4n) is 2.36. The molecule has 0 aliphatic rings. The van der Waals surface area contributed by atoms with Gasteiger partial charge in [0.05, 0.1) is 17.1 Å². The Morgan fingerprint density at radius 3 is 2.50 bits per heavy atom. The summed E-state index contributed by atoms with van der Waals surface area (Å²) < 4.78 is 0. The average Bonchev–Trinajstić information content (AvgIpc) is 2.43. The van der Waals surface area contributed by atoms with Gasteiger partial charge in [-0.05, 0) is 31.9 Å². The molecule has 0 aliphatic heterocycles. The predicted molar refractivity (Wildman–Crippen MR) is 83.8 cm³/mol. The van der Waals surface area contributed by atoms with Gasteiger partial charge in [0.15, 0.2) is 0 Å². The molecule has 1 aromatic carbocycles. The monoisotopic (exact) mass is 267 g/mol. The molecule has 1 heterocycles. The smallest absolute Gasteiger partial charge is 0.130 e. The van der Waals surface area contributed by atoms with Crippen LogP contribution < -0.4 is 4.90 Å². The first-order valence-electron chi connectivity index (χ1n) is 7.09. The number of aromatic nitrogens is 1. The fraction of sp³-hybridized carbons (Fsp3) is 0.412. The van der Waals surface area contributed by atoms with Gasteiger partial charge in [0.25, 0.3) is 0 Å². The highest BCUT2D eigenvalue weighted by atomic mass is 15.2. The van der Waals surface area contributed by atoms with Crippen molar-refractivity contribution in [3.63, 3.8) is 0 Å². The summed E-state index contributed by atoms with van der Waals surface area (Å²) in [6, 6.07) is 12.4. The molecule has 0 unspecified atom stereocenters. The summed E-state index contributed by atoms with van der Waals surface area (Å²) in [6.45, 7) is 9.65. The number of rotatable bonds is 4. The number of para-hydroxylation sites is 1. The molecule has 20 heavy (non-hydrogen) atoms. The molecule has 0 saturated carbocycles. The van der Waals surface area contributed by atoms with Gasteiger partial charge in [-0.15, -0.1) is 0 Å². The maximum absolute atomic E-state index is 9.37. The summed E-state index contributed by atoms with van der Waals surface area (Å²) in [5.41, 5.74) is 1.58. The second kappa shape index (κ2) is 5.92. The molecule has 0 spiro atoms. The Morgan fingerprint density at radius 2 is 1.90 bits per heavy atom. The summed E-state index contributed by atoms with van der Waals surface area (Å²) in [4.78, 5) is 7.00. The Balaban J connectivity index is 2.56. The van der Waals surface area contributed by atoms with Crippen LogP contribution in [0.25, 0.3) is 10.9 Å². The van der Waals surface area contributed by atoms with Crippen LogP contribution in [0.15, 0.2) is 30.3 Å². The standard InChI is InChI=1S/C17H21N3/c1-12(2)11-20(13(3)4)17-9-14(10-18)15-7-5-6-8-16(15)19-17/h5-9,12-13H,11H2,1-4H3. The molecule has 0 atom stereocenters. The van der Waals surface area contributed by atoms with Crippen LogP contribution >= 0.6 is 0 Å². The van der Waals surface area contributed by atoms with Crippen LogP contribution in [0, 0.1) is 17.2 Å². The minimum atomic E-state index is 0.359. The number of fused-ring (bicyclic) bond motifs is 1. The summed E-state index contributed by atoms with van der Waals surface area (Å²) in [5.74, 6) is 1.44. The van der Waals surface area contributed by atoms with Crippen molar-refractivity contribution in [3.8, 4) is 6.07 Å². The quantitative estimate of drug-likeness (QED) is 0.841. The highest BCUT2D eigenvalue weighted by Gasteiger charge is 2.15. The third-order valence-electron chi connectivity index (χ3n) is 3.30. The number of hydrogen-bond acceptors (Lipinski definition) is 3.